The van der Waals surface area contributed by atoms with E-state index in [1.807, 2.05) is 30.3 Å². The Hall–Kier alpha value is -2.40. The highest BCUT2D eigenvalue weighted by molar-refractivity contribution is 5.88. The predicted molar refractivity (Wildman–Crippen MR) is 77.4 cm³/mol. The second kappa shape index (κ2) is 6.68. The second-order valence-electron chi connectivity index (χ2n) is 4.32. The molecule has 1 aromatic carbocycles. The van der Waals surface area contributed by atoms with Crippen LogP contribution < -0.4 is 11.1 Å². The molecule has 3 N–H and O–H groups in total. The molecule has 20 heavy (non-hydrogen) atoms. The molecule has 104 valence electrons. The van der Waals surface area contributed by atoms with E-state index < -0.39 is 5.97 Å². The van der Waals surface area contributed by atoms with E-state index in [0.29, 0.717) is 6.54 Å². The largest absolute Gasteiger partial charge is 0.464 e. The first-order chi connectivity index (χ1) is 9.70. The maximum Gasteiger partial charge on any atom is 0.356 e. The summed E-state index contributed by atoms with van der Waals surface area (Å²) in [6.07, 6.45) is 1.56. The van der Waals surface area contributed by atoms with Crippen LogP contribution in [0.2, 0.25) is 0 Å². The van der Waals surface area contributed by atoms with Crippen LogP contribution in [0.4, 0.5) is 5.69 Å². The van der Waals surface area contributed by atoms with Crippen LogP contribution >= 0.6 is 0 Å². The van der Waals surface area contributed by atoms with Crippen molar-refractivity contribution in [3.63, 3.8) is 0 Å². The van der Waals surface area contributed by atoms with Gasteiger partial charge in [0.15, 0.2) is 0 Å². The molecule has 5 heteroatoms. The number of nitrogens with one attached hydrogen (secondary N) is 1. The van der Waals surface area contributed by atoms with Crippen molar-refractivity contribution >= 4 is 11.7 Å². The molecule has 0 saturated carbocycles. The zero-order chi connectivity index (χ0) is 14.4. The average molecular weight is 271 g/mol. The van der Waals surface area contributed by atoms with Crippen LogP contribution in [0.1, 0.15) is 22.1 Å². The third-order valence-electron chi connectivity index (χ3n) is 2.91. The number of aromatic nitrogens is 1. The number of rotatable bonds is 5. The maximum absolute atomic E-state index is 11.4. The minimum absolute atomic E-state index is 0.119. The van der Waals surface area contributed by atoms with Gasteiger partial charge >= 0.3 is 5.97 Å². The second-order valence-corrected chi connectivity index (χ2v) is 4.32. The molecular formula is C15H17N3O2. The van der Waals surface area contributed by atoms with Gasteiger partial charge in [-0.15, -0.1) is 0 Å². The van der Waals surface area contributed by atoms with Crippen molar-refractivity contribution < 1.29 is 9.53 Å². The number of benzene rings is 1. The standard InChI is InChI=1S/C15H17N3O2/c1-20-15(19)14-9-12(7-8-17-14)18-10-13(16)11-5-3-2-4-6-11/h2-9,13H,10,16H2,1H3,(H,17,18). The number of ether oxygens (including phenoxy) is 1. The highest BCUT2D eigenvalue weighted by atomic mass is 16.5. The number of carbonyl (C=O) groups is 1. The number of anilines is 1. The van der Waals surface area contributed by atoms with Gasteiger partial charge in [-0.05, 0) is 17.7 Å². The number of methoxy groups -OCH3 is 1. The van der Waals surface area contributed by atoms with E-state index in [4.69, 9.17) is 5.73 Å². The van der Waals surface area contributed by atoms with Crippen LogP contribution in [-0.4, -0.2) is 24.6 Å². The first kappa shape index (κ1) is 14.0. The van der Waals surface area contributed by atoms with E-state index in [9.17, 15) is 4.79 Å². The van der Waals surface area contributed by atoms with Crippen molar-refractivity contribution in [1.29, 1.82) is 0 Å². The fourth-order valence-corrected chi connectivity index (χ4v) is 1.80. The number of nitrogens with two attached hydrogens (primary N) is 1. The summed E-state index contributed by atoms with van der Waals surface area (Å²) in [5.74, 6) is -0.457. The van der Waals surface area contributed by atoms with Crippen LogP contribution in [0.3, 0.4) is 0 Å². The summed E-state index contributed by atoms with van der Waals surface area (Å²) in [4.78, 5) is 15.3. The molecule has 1 heterocycles. The Morgan fingerprint density at radius 3 is 2.80 bits per heavy atom. The monoisotopic (exact) mass is 271 g/mol. The van der Waals surface area contributed by atoms with E-state index in [1.165, 1.54) is 7.11 Å². The predicted octanol–water partition coefficient (Wildman–Crippen LogP) is 1.98. The van der Waals surface area contributed by atoms with Gasteiger partial charge in [-0.25, -0.2) is 9.78 Å². The van der Waals surface area contributed by atoms with Crippen LogP contribution in [-0.2, 0) is 4.74 Å². The summed E-state index contributed by atoms with van der Waals surface area (Å²) in [5.41, 5.74) is 8.21. The van der Waals surface area contributed by atoms with Crippen molar-refractivity contribution in [3.8, 4) is 0 Å². The van der Waals surface area contributed by atoms with Crippen molar-refractivity contribution in [1.82, 2.24) is 4.98 Å². The van der Waals surface area contributed by atoms with E-state index in [-0.39, 0.29) is 11.7 Å². The van der Waals surface area contributed by atoms with Gasteiger partial charge in [0.05, 0.1) is 7.11 Å². The molecule has 0 saturated heterocycles. The Balaban J connectivity index is 1.99. The molecule has 1 aromatic heterocycles. The Bertz CT molecular complexity index is 572. The molecule has 0 aliphatic rings. The number of nitrogens with zero attached hydrogens (tertiary/aromatic N) is 1. The van der Waals surface area contributed by atoms with Gasteiger partial charge in [-0.3, -0.25) is 0 Å². The van der Waals surface area contributed by atoms with Gasteiger partial charge in [-0.1, -0.05) is 30.3 Å². The molecule has 1 unspecified atom stereocenters. The van der Waals surface area contributed by atoms with Gasteiger partial charge in [0.1, 0.15) is 5.69 Å². The number of esters is 1. The molecule has 2 aromatic rings. The van der Waals surface area contributed by atoms with E-state index in [2.05, 4.69) is 15.0 Å². The third kappa shape index (κ3) is 3.55. The highest BCUT2D eigenvalue weighted by Gasteiger charge is 2.09. The number of hydrogen-bond donors (Lipinski definition) is 2. The topological polar surface area (TPSA) is 77.2 Å². The molecule has 0 fully saturated rings. The van der Waals surface area contributed by atoms with Crippen molar-refractivity contribution in [2.24, 2.45) is 5.73 Å². The van der Waals surface area contributed by atoms with E-state index in [0.717, 1.165) is 11.3 Å². The fourth-order valence-electron chi connectivity index (χ4n) is 1.80. The molecule has 0 amide bonds. The van der Waals surface area contributed by atoms with Crippen molar-refractivity contribution in [2.45, 2.75) is 6.04 Å². The minimum atomic E-state index is -0.457. The smallest absolute Gasteiger partial charge is 0.356 e. The van der Waals surface area contributed by atoms with Crippen LogP contribution in [0, 0.1) is 0 Å². The molecule has 0 spiro atoms. The molecule has 0 aliphatic heterocycles. The average Bonchev–Trinajstić information content (AvgIpc) is 2.53. The van der Waals surface area contributed by atoms with Gasteiger partial charge in [0.25, 0.3) is 0 Å². The quantitative estimate of drug-likeness (QED) is 0.813. The summed E-state index contributed by atoms with van der Waals surface area (Å²) >= 11 is 0. The van der Waals surface area contributed by atoms with Crippen molar-refractivity contribution in [2.75, 3.05) is 19.0 Å². The summed E-state index contributed by atoms with van der Waals surface area (Å²) in [6, 6.07) is 13.1. The summed E-state index contributed by atoms with van der Waals surface area (Å²) < 4.78 is 4.63. The minimum Gasteiger partial charge on any atom is -0.464 e. The van der Waals surface area contributed by atoms with Gasteiger partial charge in [-0.2, -0.15) is 0 Å². The first-order valence-electron chi connectivity index (χ1n) is 6.29. The van der Waals surface area contributed by atoms with E-state index in [1.54, 1.807) is 18.3 Å². The van der Waals surface area contributed by atoms with Gasteiger partial charge in [0.2, 0.25) is 0 Å². The van der Waals surface area contributed by atoms with Crippen LogP contribution in [0.5, 0.6) is 0 Å². The number of pyridine rings is 1. The van der Waals surface area contributed by atoms with Gasteiger partial charge in [0, 0.05) is 24.5 Å². The molecular weight excluding hydrogens is 254 g/mol. The summed E-state index contributed by atoms with van der Waals surface area (Å²) in [5, 5.41) is 3.19. The lowest BCUT2D eigenvalue weighted by molar-refractivity contribution is 0.0594. The summed E-state index contributed by atoms with van der Waals surface area (Å²) in [6.45, 7) is 0.564. The lowest BCUT2D eigenvalue weighted by atomic mass is 10.1. The number of carbonyl (C=O) groups excluding carboxylic acids is 1. The van der Waals surface area contributed by atoms with Crippen LogP contribution in [0.15, 0.2) is 48.7 Å². The normalized spacial score (nSPS) is 11.7. The zero-order valence-corrected chi connectivity index (χ0v) is 11.2. The van der Waals surface area contributed by atoms with Crippen LogP contribution in [0.25, 0.3) is 0 Å². The SMILES string of the molecule is COC(=O)c1cc(NCC(N)c2ccccc2)ccn1. The highest BCUT2D eigenvalue weighted by Crippen LogP contribution is 2.13. The number of hydrogen-bond acceptors (Lipinski definition) is 5. The molecule has 0 aliphatic carbocycles. The fraction of sp³-hybridized carbons (Fsp3) is 0.200. The molecule has 5 nitrogen and oxygen atoms in total. The first-order valence-corrected chi connectivity index (χ1v) is 6.29. The Labute approximate surface area is 117 Å². The molecule has 0 radical (unpaired) electrons. The third-order valence-corrected chi connectivity index (χ3v) is 2.91. The zero-order valence-electron chi connectivity index (χ0n) is 11.2. The van der Waals surface area contributed by atoms with Gasteiger partial charge < -0.3 is 15.8 Å². The lowest BCUT2D eigenvalue weighted by Gasteiger charge is -2.14. The van der Waals surface area contributed by atoms with E-state index >= 15 is 0 Å². The Morgan fingerprint density at radius 2 is 2.10 bits per heavy atom. The molecule has 0 bridgehead atoms. The molecule has 1 atom stereocenters. The Kier molecular flexibility index (Phi) is 4.68. The molecule has 2 rings (SSSR count). The van der Waals surface area contributed by atoms with Crippen molar-refractivity contribution in [3.05, 3.63) is 59.9 Å². The lowest BCUT2D eigenvalue weighted by Crippen LogP contribution is -2.20. The maximum atomic E-state index is 11.4. The summed E-state index contributed by atoms with van der Waals surface area (Å²) in [7, 11) is 1.33. The Morgan fingerprint density at radius 1 is 1.35 bits per heavy atom.